The molecule has 26 heavy (non-hydrogen) atoms. The molecular formula is C19H29N5O2. The van der Waals surface area contributed by atoms with Crippen molar-refractivity contribution in [1.29, 1.82) is 5.41 Å². The molecule has 2 amide bonds. The maximum Gasteiger partial charge on any atom is 0.243 e. The Balaban J connectivity index is 1.96. The molecule has 1 aliphatic heterocycles. The zero-order chi connectivity index (χ0) is 20.0. The third-order valence-corrected chi connectivity index (χ3v) is 4.58. The van der Waals surface area contributed by atoms with E-state index >= 15 is 0 Å². The fourth-order valence-corrected chi connectivity index (χ4v) is 3.18. The van der Waals surface area contributed by atoms with Crippen LogP contribution < -0.4 is 16.8 Å². The first-order chi connectivity index (χ1) is 12.8. The van der Waals surface area contributed by atoms with Crippen molar-refractivity contribution >= 4 is 17.6 Å². The van der Waals surface area contributed by atoms with Gasteiger partial charge in [0.2, 0.25) is 11.8 Å². The average Bonchev–Trinajstić information content (AvgIpc) is 3.13. The van der Waals surface area contributed by atoms with Gasteiger partial charge in [-0.25, -0.2) is 0 Å². The molecule has 1 fully saturated rings. The molecule has 1 aromatic rings. The Hall–Kier alpha value is -2.41. The van der Waals surface area contributed by atoms with Crippen LogP contribution >= 0.6 is 0 Å². The molecule has 0 aliphatic carbocycles. The Morgan fingerprint density at radius 2 is 2.08 bits per heavy atom. The number of hydrogen-bond donors (Lipinski definition) is 4. The van der Waals surface area contributed by atoms with Gasteiger partial charge in [0.25, 0.3) is 0 Å². The molecule has 0 saturated carbocycles. The standard InChI is InChI=1S/C19H29N5O2/c1-12(2)10-15(20)19(26)24-9-3-4-16(24)18(25)23-11-13-5-7-14(8-6-13)17(21)22/h5-8,12,15-16H,3-4,9-11,20H2,1-2H3,(H3,21,22)(H,23,25)/t15-,16+/m1/s1/i/hT. The Kier molecular flexibility index (Phi) is 6.22. The SMILES string of the molecule is [3H]N[C@H](CC(C)C)C(=O)N1CCC[C@H]1C(=O)NCc1ccc(C(=N)N)cc1. The first-order valence-electron chi connectivity index (χ1n) is 9.52. The normalized spacial score (nSPS) is 18.5. The summed E-state index contributed by atoms with van der Waals surface area (Å²) in [7, 11) is 0. The summed E-state index contributed by atoms with van der Waals surface area (Å²) in [6, 6.07) is 6.04. The molecule has 0 aromatic heterocycles. The number of rotatable bonds is 8. The van der Waals surface area contributed by atoms with E-state index in [1.165, 1.54) is 0 Å². The number of amides is 2. The number of benzene rings is 1. The molecule has 2 rings (SSSR count). The maximum absolute atomic E-state index is 12.7. The van der Waals surface area contributed by atoms with Crippen LogP contribution in [0.25, 0.3) is 0 Å². The van der Waals surface area contributed by atoms with E-state index in [1.54, 1.807) is 17.0 Å². The average molecular weight is 361 g/mol. The molecule has 2 atom stereocenters. The van der Waals surface area contributed by atoms with Crippen LogP contribution in [0.4, 0.5) is 0 Å². The zero-order valence-electron chi connectivity index (χ0n) is 16.4. The van der Waals surface area contributed by atoms with Gasteiger partial charge in [-0.3, -0.25) is 15.0 Å². The van der Waals surface area contributed by atoms with Crippen molar-refractivity contribution < 1.29 is 11.0 Å². The number of hydrogen-bond acceptors (Lipinski definition) is 4. The molecule has 1 aliphatic rings. The fraction of sp³-hybridized carbons (Fsp3) is 0.526. The van der Waals surface area contributed by atoms with Gasteiger partial charge in [0.1, 0.15) is 13.3 Å². The number of carbonyl (C=O) groups excluding carboxylic acids is 2. The topological polar surface area (TPSA) is 125 Å². The lowest BCUT2D eigenvalue weighted by molar-refractivity contribution is -0.139. The second-order valence-electron chi connectivity index (χ2n) is 7.20. The van der Waals surface area contributed by atoms with Gasteiger partial charge >= 0.3 is 0 Å². The molecule has 1 aromatic carbocycles. The Morgan fingerprint density at radius 1 is 1.38 bits per heavy atom. The summed E-state index contributed by atoms with van der Waals surface area (Å²) in [6.07, 6.45) is 1.98. The third kappa shape index (κ3) is 5.05. The molecule has 7 heteroatoms. The largest absolute Gasteiger partial charge is 0.384 e. The lowest BCUT2D eigenvalue weighted by Gasteiger charge is -2.27. The van der Waals surface area contributed by atoms with Gasteiger partial charge in [-0.2, -0.15) is 0 Å². The second kappa shape index (κ2) is 8.80. The smallest absolute Gasteiger partial charge is 0.243 e. The van der Waals surface area contributed by atoms with E-state index in [1.807, 2.05) is 26.0 Å². The lowest BCUT2D eigenvalue weighted by Crippen LogP contribution is -2.51. The van der Waals surface area contributed by atoms with Gasteiger partial charge in [-0.15, -0.1) is 0 Å². The van der Waals surface area contributed by atoms with Gasteiger partial charge in [0, 0.05) is 18.7 Å². The van der Waals surface area contributed by atoms with Crippen LogP contribution in [0, 0.1) is 11.3 Å². The number of amidine groups is 1. The van der Waals surface area contributed by atoms with Gasteiger partial charge in [-0.1, -0.05) is 38.1 Å². The van der Waals surface area contributed by atoms with Crippen LogP contribution in [-0.2, 0) is 16.1 Å². The van der Waals surface area contributed by atoms with Crippen LogP contribution in [0.5, 0.6) is 0 Å². The van der Waals surface area contributed by atoms with Gasteiger partial charge in [0.05, 0.1) is 6.04 Å². The number of nitrogens with zero attached hydrogens (tertiary/aromatic N) is 1. The minimum Gasteiger partial charge on any atom is -0.384 e. The molecule has 6 N–H and O–H groups in total. The van der Waals surface area contributed by atoms with E-state index in [-0.39, 0.29) is 23.6 Å². The predicted octanol–water partition coefficient (Wildman–Crippen LogP) is 0.951. The Bertz CT molecular complexity index is 677. The molecule has 1 saturated heterocycles. The number of carbonyl (C=O) groups is 2. The summed E-state index contributed by atoms with van der Waals surface area (Å²) < 4.78 is 7.44. The third-order valence-electron chi connectivity index (χ3n) is 4.58. The van der Waals surface area contributed by atoms with Crippen LogP contribution in [0.1, 0.15) is 44.2 Å². The number of likely N-dealkylation sites (tertiary alicyclic amines) is 1. The summed E-state index contributed by atoms with van der Waals surface area (Å²) >= 11 is 0. The Labute approximate surface area is 156 Å². The van der Waals surface area contributed by atoms with Gasteiger partial charge in [-0.05, 0) is 30.7 Å². The molecule has 1 heterocycles. The van der Waals surface area contributed by atoms with Crippen LogP contribution in [-0.4, -0.2) is 41.2 Å². The highest BCUT2D eigenvalue weighted by atomic mass is 16.2. The second-order valence-corrected chi connectivity index (χ2v) is 7.20. The summed E-state index contributed by atoms with van der Waals surface area (Å²) in [5.41, 5.74) is 9.31. The maximum atomic E-state index is 12.7. The summed E-state index contributed by atoms with van der Waals surface area (Å²) in [5, 5.41) is 10.3. The summed E-state index contributed by atoms with van der Waals surface area (Å²) in [4.78, 5) is 26.9. The minimum atomic E-state index is -0.586. The van der Waals surface area contributed by atoms with Crippen molar-refractivity contribution in [2.75, 3.05) is 6.54 Å². The van der Waals surface area contributed by atoms with Crippen molar-refractivity contribution in [2.45, 2.75) is 51.7 Å². The van der Waals surface area contributed by atoms with Crippen molar-refractivity contribution in [3.05, 3.63) is 35.4 Å². The van der Waals surface area contributed by atoms with E-state index < -0.39 is 12.1 Å². The van der Waals surface area contributed by atoms with Crippen LogP contribution in [0.15, 0.2) is 24.3 Å². The van der Waals surface area contributed by atoms with Crippen molar-refractivity contribution in [2.24, 2.45) is 17.4 Å². The molecule has 7 nitrogen and oxygen atoms in total. The van der Waals surface area contributed by atoms with E-state index in [0.29, 0.717) is 31.5 Å². The molecule has 0 spiro atoms. The van der Waals surface area contributed by atoms with E-state index in [4.69, 9.17) is 12.6 Å². The highest BCUT2D eigenvalue weighted by molar-refractivity contribution is 5.95. The van der Waals surface area contributed by atoms with Crippen LogP contribution in [0.3, 0.4) is 0 Å². The molecule has 0 unspecified atom stereocenters. The van der Waals surface area contributed by atoms with E-state index in [2.05, 4.69) is 11.0 Å². The molecular weight excluding hydrogens is 330 g/mol. The summed E-state index contributed by atoms with van der Waals surface area (Å²) in [6.45, 7) is 4.90. The van der Waals surface area contributed by atoms with Crippen molar-refractivity contribution in [1.82, 2.24) is 10.2 Å². The zero-order valence-corrected chi connectivity index (χ0v) is 15.4. The minimum absolute atomic E-state index is 0.00431. The van der Waals surface area contributed by atoms with E-state index in [0.717, 1.165) is 12.0 Å². The van der Waals surface area contributed by atoms with Crippen molar-refractivity contribution in [3.8, 4) is 0 Å². The predicted molar refractivity (Wildman–Crippen MR) is 101 cm³/mol. The number of nitrogens with one attached hydrogen (secondary N) is 2. The summed E-state index contributed by atoms with van der Waals surface area (Å²) in [5.74, 6) is -0.0683. The quantitative estimate of drug-likeness (QED) is 0.406. The first-order valence-corrected chi connectivity index (χ1v) is 9.02. The first kappa shape index (κ1) is 18.4. The Morgan fingerprint density at radius 3 is 2.65 bits per heavy atom. The number of nitrogen functional groups attached to an aromatic ring is 1. The lowest BCUT2D eigenvalue weighted by atomic mass is 10.0. The van der Waals surface area contributed by atoms with Crippen LogP contribution in [0.2, 0.25) is 1.41 Å². The van der Waals surface area contributed by atoms with E-state index in [9.17, 15) is 9.59 Å². The number of nitrogens with two attached hydrogens (primary N) is 2. The monoisotopic (exact) mass is 361 g/mol. The highest BCUT2D eigenvalue weighted by Crippen LogP contribution is 2.20. The molecule has 0 radical (unpaired) electrons. The molecule has 142 valence electrons. The highest BCUT2D eigenvalue weighted by Gasteiger charge is 2.36. The van der Waals surface area contributed by atoms with Gasteiger partial charge < -0.3 is 21.7 Å². The fourth-order valence-electron chi connectivity index (χ4n) is 3.18. The van der Waals surface area contributed by atoms with Crippen molar-refractivity contribution in [3.63, 3.8) is 0 Å². The van der Waals surface area contributed by atoms with Gasteiger partial charge in [0.15, 0.2) is 0 Å². The molecule has 0 bridgehead atoms.